The number of nitrogens with one attached hydrogen (secondary N) is 2. The van der Waals surface area contributed by atoms with Gasteiger partial charge in [0.05, 0.1) is 24.9 Å². The van der Waals surface area contributed by atoms with E-state index in [0.717, 1.165) is 22.6 Å². The van der Waals surface area contributed by atoms with Gasteiger partial charge in [0, 0.05) is 28.3 Å². The molecule has 166 valence electrons. The highest BCUT2D eigenvalue weighted by Gasteiger charge is 2.11. The maximum Gasteiger partial charge on any atom is 0.338 e. The number of hydrogen-bond donors (Lipinski definition) is 2. The van der Waals surface area contributed by atoms with Gasteiger partial charge in [-0.15, -0.1) is 0 Å². The van der Waals surface area contributed by atoms with Crippen LogP contribution < -0.4 is 10.7 Å². The van der Waals surface area contributed by atoms with Crippen molar-refractivity contribution in [1.29, 1.82) is 0 Å². The number of nitrogens with zero attached hydrogens (tertiary/aromatic N) is 2. The second-order valence-corrected chi connectivity index (χ2v) is 7.08. The highest BCUT2D eigenvalue weighted by atomic mass is 19.1. The van der Waals surface area contributed by atoms with Gasteiger partial charge in [-0.05, 0) is 75.4 Å². The van der Waals surface area contributed by atoms with Crippen LogP contribution in [0.1, 0.15) is 34.2 Å². The molecular formula is C24H25FN4O3. The van der Waals surface area contributed by atoms with Gasteiger partial charge in [-0.3, -0.25) is 4.79 Å². The SMILES string of the molecule is CCOC(=O)c1ccc(-n2c(C)cc(/C=N\NC(=O)CNc3ccc(F)cc3)c2C)cc1. The number of benzene rings is 2. The summed E-state index contributed by atoms with van der Waals surface area (Å²) in [6.45, 7) is 6.03. The summed E-state index contributed by atoms with van der Waals surface area (Å²) in [5.74, 6) is -1.01. The van der Waals surface area contributed by atoms with Crippen molar-refractivity contribution in [3.05, 3.63) is 82.9 Å². The molecule has 3 rings (SSSR count). The molecule has 0 spiro atoms. The van der Waals surface area contributed by atoms with E-state index in [1.54, 1.807) is 37.4 Å². The molecule has 0 aliphatic rings. The van der Waals surface area contributed by atoms with Crippen molar-refractivity contribution in [2.24, 2.45) is 5.10 Å². The molecule has 1 aromatic heterocycles. The van der Waals surface area contributed by atoms with E-state index in [-0.39, 0.29) is 24.2 Å². The Kier molecular flexibility index (Phi) is 7.38. The molecule has 0 aliphatic heterocycles. The number of anilines is 1. The van der Waals surface area contributed by atoms with Gasteiger partial charge in [0.15, 0.2) is 0 Å². The molecule has 0 saturated carbocycles. The molecule has 0 atom stereocenters. The second kappa shape index (κ2) is 10.4. The zero-order valence-corrected chi connectivity index (χ0v) is 18.2. The van der Waals surface area contributed by atoms with Gasteiger partial charge < -0.3 is 14.6 Å². The molecule has 2 N–H and O–H groups in total. The quantitative estimate of drug-likeness (QED) is 0.318. The highest BCUT2D eigenvalue weighted by Crippen LogP contribution is 2.20. The monoisotopic (exact) mass is 436 g/mol. The van der Waals surface area contributed by atoms with Gasteiger partial charge >= 0.3 is 5.97 Å². The van der Waals surface area contributed by atoms with Crippen LogP contribution in [0.15, 0.2) is 59.7 Å². The first-order valence-corrected chi connectivity index (χ1v) is 10.2. The summed E-state index contributed by atoms with van der Waals surface area (Å²) in [5.41, 5.74) is 7.29. The van der Waals surface area contributed by atoms with Gasteiger partial charge in [0.2, 0.25) is 0 Å². The summed E-state index contributed by atoms with van der Waals surface area (Å²) in [6, 6.07) is 14.9. The van der Waals surface area contributed by atoms with Crippen molar-refractivity contribution < 1.29 is 18.7 Å². The number of carbonyl (C=O) groups is 2. The Hall–Kier alpha value is -3.94. The Bertz CT molecular complexity index is 1120. The maximum atomic E-state index is 12.9. The summed E-state index contributed by atoms with van der Waals surface area (Å²) >= 11 is 0. The maximum absolute atomic E-state index is 12.9. The molecule has 1 heterocycles. The largest absolute Gasteiger partial charge is 0.462 e. The van der Waals surface area contributed by atoms with Crippen molar-refractivity contribution in [3.63, 3.8) is 0 Å². The van der Waals surface area contributed by atoms with Crippen LogP contribution in [0.5, 0.6) is 0 Å². The van der Waals surface area contributed by atoms with Gasteiger partial charge in [-0.1, -0.05) is 0 Å². The number of halogens is 1. The zero-order chi connectivity index (χ0) is 23.1. The fourth-order valence-electron chi connectivity index (χ4n) is 3.24. The Labute approximate surface area is 185 Å². The first-order chi connectivity index (χ1) is 15.4. The minimum atomic E-state index is -0.350. The van der Waals surface area contributed by atoms with E-state index in [2.05, 4.69) is 15.8 Å². The van der Waals surface area contributed by atoms with Gasteiger partial charge in [-0.25, -0.2) is 14.6 Å². The van der Waals surface area contributed by atoms with Crippen molar-refractivity contribution in [3.8, 4) is 5.69 Å². The number of ether oxygens (including phenoxy) is 1. The average molecular weight is 436 g/mol. The predicted molar refractivity (Wildman–Crippen MR) is 122 cm³/mol. The normalized spacial score (nSPS) is 10.9. The summed E-state index contributed by atoms with van der Waals surface area (Å²) in [5, 5.41) is 6.93. The first-order valence-electron chi connectivity index (χ1n) is 10.2. The summed E-state index contributed by atoms with van der Waals surface area (Å²) in [4.78, 5) is 23.8. The number of hydrogen-bond acceptors (Lipinski definition) is 5. The molecule has 0 radical (unpaired) electrons. The Morgan fingerprint density at radius 3 is 2.44 bits per heavy atom. The van der Waals surface area contributed by atoms with E-state index in [9.17, 15) is 14.0 Å². The first kappa shape index (κ1) is 22.7. The highest BCUT2D eigenvalue weighted by molar-refractivity contribution is 5.89. The second-order valence-electron chi connectivity index (χ2n) is 7.08. The molecule has 0 saturated heterocycles. The van der Waals surface area contributed by atoms with Crippen LogP contribution in [0.25, 0.3) is 5.69 Å². The van der Waals surface area contributed by atoms with E-state index in [1.165, 1.54) is 12.1 Å². The number of aromatic nitrogens is 1. The van der Waals surface area contributed by atoms with E-state index >= 15 is 0 Å². The molecule has 0 unspecified atom stereocenters. The molecule has 2 aromatic carbocycles. The summed E-state index contributed by atoms with van der Waals surface area (Å²) in [6.07, 6.45) is 1.58. The van der Waals surface area contributed by atoms with Crippen LogP contribution in [0, 0.1) is 19.7 Å². The van der Waals surface area contributed by atoms with Gasteiger partial charge in [-0.2, -0.15) is 5.10 Å². The molecule has 7 nitrogen and oxygen atoms in total. The summed E-state index contributed by atoms with van der Waals surface area (Å²) < 4.78 is 20.0. The van der Waals surface area contributed by atoms with E-state index in [1.807, 2.05) is 36.6 Å². The number of aryl methyl sites for hydroxylation is 1. The van der Waals surface area contributed by atoms with E-state index < -0.39 is 0 Å². The smallest absolute Gasteiger partial charge is 0.338 e. The lowest BCUT2D eigenvalue weighted by atomic mass is 10.2. The fraction of sp³-hybridized carbons (Fsp3) is 0.208. The number of rotatable bonds is 8. The van der Waals surface area contributed by atoms with Gasteiger partial charge in [0.25, 0.3) is 5.91 Å². The third kappa shape index (κ3) is 5.60. The number of esters is 1. The minimum absolute atomic E-state index is 0.00874. The average Bonchev–Trinajstić information content (AvgIpc) is 3.06. The van der Waals surface area contributed by atoms with Crippen molar-refractivity contribution in [1.82, 2.24) is 9.99 Å². The Morgan fingerprint density at radius 1 is 1.09 bits per heavy atom. The van der Waals surface area contributed by atoms with Crippen molar-refractivity contribution >= 4 is 23.8 Å². The lowest BCUT2D eigenvalue weighted by Gasteiger charge is -2.10. The number of amides is 1. The molecule has 32 heavy (non-hydrogen) atoms. The van der Waals surface area contributed by atoms with Crippen LogP contribution in [-0.4, -0.2) is 35.8 Å². The van der Waals surface area contributed by atoms with E-state index in [0.29, 0.717) is 17.9 Å². The topological polar surface area (TPSA) is 84.7 Å². The van der Waals surface area contributed by atoms with Crippen LogP contribution in [0.2, 0.25) is 0 Å². The lowest BCUT2D eigenvalue weighted by molar-refractivity contribution is -0.119. The molecular weight excluding hydrogens is 411 g/mol. The van der Waals surface area contributed by atoms with Crippen LogP contribution >= 0.6 is 0 Å². The fourth-order valence-corrected chi connectivity index (χ4v) is 3.24. The van der Waals surface area contributed by atoms with Crippen LogP contribution in [0.4, 0.5) is 10.1 Å². The Balaban J connectivity index is 1.62. The van der Waals surface area contributed by atoms with E-state index in [4.69, 9.17) is 4.74 Å². The summed E-state index contributed by atoms with van der Waals surface area (Å²) in [7, 11) is 0. The Morgan fingerprint density at radius 2 is 1.78 bits per heavy atom. The third-order valence-corrected chi connectivity index (χ3v) is 4.80. The van der Waals surface area contributed by atoms with Crippen LogP contribution in [-0.2, 0) is 9.53 Å². The number of carbonyl (C=O) groups excluding carboxylic acids is 2. The molecule has 8 heteroatoms. The van der Waals surface area contributed by atoms with Crippen molar-refractivity contribution in [2.75, 3.05) is 18.5 Å². The molecule has 1 amide bonds. The molecule has 0 aliphatic carbocycles. The predicted octanol–water partition coefficient (Wildman–Crippen LogP) is 3.97. The zero-order valence-electron chi connectivity index (χ0n) is 18.2. The van der Waals surface area contributed by atoms with Crippen molar-refractivity contribution in [2.45, 2.75) is 20.8 Å². The van der Waals surface area contributed by atoms with Gasteiger partial charge in [0.1, 0.15) is 5.82 Å². The molecule has 0 fully saturated rings. The standard InChI is InChI=1S/C24H25FN4O3/c1-4-32-24(31)18-5-11-22(12-6-18)29-16(2)13-19(17(29)3)14-27-28-23(30)15-26-21-9-7-20(25)8-10-21/h5-14,26H,4,15H2,1-3H3,(H,28,30)/b27-14-. The lowest BCUT2D eigenvalue weighted by Crippen LogP contribution is -2.25. The third-order valence-electron chi connectivity index (χ3n) is 4.80. The number of hydrazone groups is 1. The minimum Gasteiger partial charge on any atom is -0.462 e. The van der Waals surface area contributed by atoms with Crippen LogP contribution in [0.3, 0.4) is 0 Å². The molecule has 3 aromatic rings. The molecule has 0 bridgehead atoms.